The van der Waals surface area contributed by atoms with Crippen molar-refractivity contribution in [3.8, 4) is 0 Å². The van der Waals surface area contributed by atoms with E-state index in [0.29, 0.717) is 5.56 Å². The zero-order chi connectivity index (χ0) is 8.97. The van der Waals surface area contributed by atoms with Gasteiger partial charge in [0.25, 0.3) is 5.91 Å². The van der Waals surface area contributed by atoms with Gasteiger partial charge in [-0.15, -0.1) is 0 Å². The van der Waals surface area contributed by atoms with Crippen LogP contribution in [0.5, 0.6) is 0 Å². The smallest absolute Gasteiger partial charge is 0.255 e. The molecule has 5 nitrogen and oxygen atoms in total. The second kappa shape index (κ2) is 3.80. The Kier molecular flexibility index (Phi) is 2.73. The zero-order valence-electron chi connectivity index (χ0n) is 6.40. The van der Waals surface area contributed by atoms with E-state index in [4.69, 9.17) is 11.6 Å². The largest absolute Gasteiger partial charge is 0.316 e. The second-order valence-electron chi connectivity index (χ2n) is 2.27. The van der Waals surface area contributed by atoms with Crippen molar-refractivity contribution in [3.63, 3.8) is 0 Å². The molecule has 0 fully saturated rings. The molecule has 0 spiro atoms. The molecule has 0 aliphatic heterocycles. The highest BCUT2D eigenvalue weighted by Gasteiger charge is 2.13. The molecule has 0 radical (unpaired) electrons. The summed E-state index contributed by atoms with van der Waals surface area (Å²) in [5, 5.41) is 0. The molecule has 1 aromatic rings. The van der Waals surface area contributed by atoms with Crippen LogP contribution in [0.15, 0.2) is 24.5 Å². The van der Waals surface area contributed by atoms with E-state index in [1.54, 1.807) is 24.5 Å². The Bertz CT molecular complexity index is 261. The van der Waals surface area contributed by atoms with E-state index in [1.807, 2.05) is 5.43 Å². The summed E-state index contributed by atoms with van der Waals surface area (Å²) < 4.78 is 0. The van der Waals surface area contributed by atoms with Crippen LogP contribution < -0.4 is 17.0 Å². The Morgan fingerprint density at radius 1 is 1.50 bits per heavy atom. The average molecular weight is 166 g/mol. The number of carbonyl (C=O) groups excluding carboxylic acids is 1. The number of nitrogens with one attached hydrogen (secondary N) is 1. The van der Waals surface area contributed by atoms with E-state index >= 15 is 0 Å². The first-order chi connectivity index (χ1) is 5.75. The van der Waals surface area contributed by atoms with Crippen molar-refractivity contribution in [2.45, 2.75) is 6.04 Å². The molecule has 0 saturated heterocycles. The van der Waals surface area contributed by atoms with Gasteiger partial charge in [-0.3, -0.25) is 15.2 Å². The fourth-order valence-corrected chi connectivity index (χ4v) is 0.812. The molecule has 0 bridgehead atoms. The molecular formula is C7H10N4O. The zero-order valence-corrected chi connectivity index (χ0v) is 6.40. The fraction of sp³-hybridized carbons (Fsp3) is 0.143. The lowest BCUT2D eigenvalue weighted by Crippen LogP contribution is -2.38. The van der Waals surface area contributed by atoms with Crippen molar-refractivity contribution in [1.82, 2.24) is 10.4 Å². The first-order valence-electron chi connectivity index (χ1n) is 3.41. The van der Waals surface area contributed by atoms with Crippen molar-refractivity contribution < 1.29 is 4.79 Å². The van der Waals surface area contributed by atoms with Gasteiger partial charge < -0.3 is 5.73 Å². The number of amides is 1. The van der Waals surface area contributed by atoms with Gasteiger partial charge in [-0.25, -0.2) is 5.84 Å². The molecule has 1 heterocycles. The van der Waals surface area contributed by atoms with E-state index in [1.165, 1.54) is 0 Å². The lowest BCUT2D eigenvalue weighted by Gasteiger charge is -2.08. The molecule has 12 heavy (non-hydrogen) atoms. The van der Waals surface area contributed by atoms with E-state index in [0.717, 1.165) is 0 Å². The molecule has 1 amide bonds. The third kappa shape index (κ3) is 1.77. The van der Waals surface area contributed by atoms with E-state index < -0.39 is 11.9 Å². The lowest BCUT2D eigenvalue weighted by molar-refractivity contribution is -0.122. The number of carbonyl (C=O) groups is 1. The first-order valence-corrected chi connectivity index (χ1v) is 3.41. The first kappa shape index (κ1) is 8.63. The minimum Gasteiger partial charge on any atom is -0.316 e. The average Bonchev–Trinajstić information content (AvgIpc) is 2.17. The lowest BCUT2D eigenvalue weighted by atomic mass is 10.1. The molecule has 1 unspecified atom stereocenters. The summed E-state index contributed by atoms with van der Waals surface area (Å²) in [4.78, 5) is 14.7. The maximum absolute atomic E-state index is 10.9. The number of pyridine rings is 1. The highest BCUT2D eigenvalue weighted by Crippen LogP contribution is 2.06. The summed E-state index contributed by atoms with van der Waals surface area (Å²) in [6.07, 6.45) is 3.14. The predicted molar refractivity (Wildman–Crippen MR) is 43.5 cm³/mol. The van der Waals surface area contributed by atoms with Gasteiger partial charge in [0.2, 0.25) is 0 Å². The van der Waals surface area contributed by atoms with Gasteiger partial charge in [-0.05, 0) is 17.7 Å². The summed E-state index contributed by atoms with van der Waals surface area (Å²) in [5.41, 5.74) is 8.20. The molecule has 0 aliphatic rings. The minimum absolute atomic E-state index is 0.416. The number of hydrazine groups is 1. The van der Waals surface area contributed by atoms with Gasteiger partial charge in [0.15, 0.2) is 0 Å². The number of aromatic nitrogens is 1. The Hall–Kier alpha value is -1.46. The molecule has 0 saturated carbocycles. The normalized spacial score (nSPS) is 12.2. The Balaban J connectivity index is 2.78. The van der Waals surface area contributed by atoms with Crippen LogP contribution in [-0.2, 0) is 4.79 Å². The van der Waals surface area contributed by atoms with Crippen molar-refractivity contribution in [3.05, 3.63) is 30.1 Å². The summed E-state index contributed by atoms with van der Waals surface area (Å²) in [7, 11) is 0. The highest BCUT2D eigenvalue weighted by atomic mass is 16.2. The number of rotatable bonds is 2. The Morgan fingerprint density at radius 2 is 2.08 bits per heavy atom. The molecule has 1 atom stereocenters. The van der Waals surface area contributed by atoms with E-state index in [9.17, 15) is 4.79 Å². The number of hydrogen-bond acceptors (Lipinski definition) is 4. The van der Waals surface area contributed by atoms with Crippen LogP contribution in [0.4, 0.5) is 0 Å². The molecule has 5 N–H and O–H groups in total. The highest BCUT2D eigenvalue weighted by molar-refractivity contribution is 5.82. The summed E-state index contributed by atoms with van der Waals surface area (Å²) >= 11 is 0. The maximum Gasteiger partial charge on any atom is 0.255 e. The van der Waals surface area contributed by atoms with Crippen LogP contribution in [0.3, 0.4) is 0 Å². The molecule has 0 aromatic carbocycles. The second-order valence-corrected chi connectivity index (χ2v) is 2.27. The van der Waals surface area contributed by atoms with E-state index in [-0.39, 0.29) is 0 Å². The summed E-state index contributed by atoms with van der Waals surface area (Å²) in [5.74, 6) is 4.50. The van der Waals surface area contributed by atoms with Crippen molar-refractivity contribution in [2.24, 2.45) is 11.6 Å². The predicted octanol–water partition coefficient (Wildman–Crippen LogP) is -0.929. The quantitative estimate of drug-likeness (QED) is 0.300. The van der Waals surface area contributed by atoms with Gasteiger partial charge >= 0.3 is 0 Å². The number of nitrogens with two attached hydrogens (primary N) is 2. The van der Waals surface area contributed by atoms with Crippen molar-refractivity contribution >= 4 is 5.91 Å². The Labute approximate surface area is 69.7 Å². The van der Waals surface area contributed by atoms with Gasteiger partial charge in [0.05, 0.1) is 0 Å². The van der Waals surface area contributed by atoms with Crippen LogP contribution in [0.25, 0.3) is 0 Å². The standard InChI is InChI=1S/C7H10N4O/c8-6(7(12)11-9)5-1-3-10-4-2-5/h1-4,6H,8-9H2,(H,11,12). The number of hydrogen-bond donors (Lipinski definition) is 3. The summed E-state index contributed by atoms with van der Waals surface area (Å²) in [6.45, 7) is 0. The van der Waals surface area contributed by atoms with Crippen LogP contribution in [0.2, 0.25) is 0 Å². The van der Waals surface area contributed by atoms with Gasteiger partial charge in [-0.1, -0.05) is 0 Å². The topological polar surface area (TPSA) is 94.0 Å². The molecule has 1 aromatic heterocycles. The fourth-order valence-electron chi connectivity index (χ4n) is 0.812. The van der Waals surface area contributed by atoms with E-state index in [2.05, 4.69) is 4.98 Å². The van der Waals surface area contributed by atoms with Crippen molar-refractivity contribution in [2.75, 3.05) is 0 Å². The third-order valence-corrected chi connectivity index (χ3v) is 1.49. The van der Waals surface area contributed by atoms with Crippen LogP contribution in [-0.4, -0.2) is 10.9 Å². The molecule has 64 valence electrons. The van der Waals surface area contributed by atoms with Gasteiger partial charge in [0.1, 0.15) is 6.04 Å². The molecule has 0 aliphatic carbocycles. The SMILES string of the molecule is NNC(=O)C(N)c1ccncc1. The monoisotopic (exact) mass is 166 g/mol. The van der Waals surface area contributed by atoms with Gasteiger partial charge in [-0.2, -0.15) is 0 Å². The van der Waals surface area contributed by atoms with Gasteiger partial charge in [0, 0.05) is 12.4 Å². The third-order valence-electron chi connectivity index (χ3n) is 1.49. The van der Waals surface area contributed by atoms with Crippen LogP contribution in [0.1, 0.15) is 11.6 Å². The van der Waals surface area contributed by atoms with Crippen LogP contribution in [0, 0.1) is 0 Å². The molecule has 5 heteroatoms. The Morgan fingerprint density at radius 3 is 2.58 bits per heavy atom. The maximum atomic E-state index is 10.9. The molecule has 1 rings (SSSR count). The van der Waals surface area contributed by atoms with Crippen molar-refractivity contribution in [1.29, 1.82) is 0 Å². The summed E-state index contributed by atoms with van der Waals surface area (Å²) in [6, 6.07) is 2.61. The van der Waals surface area contributed by atoms with Crippen LogP contribution >= 0.6 is 0 Å². The number of nitrogens with zero attached hydrogens (tertiary/aromatic N) is 1. The molecular weight excluding hydrogens is 156 g/mol. The minimum atomic E-state index is -0.724.